The lowest BCUT2D eigenvalue weighted by molar-refractivity contribution is 0.102. The molecular formula is C25H18N4O2S. The number of carbonyl (C=O) groups is 1. The van der Waals surface area contributed by atoms with Crippen LogP contribution >= 0.6 is 11.3 Å². The predicted octanol–water partition coefficient (Wildman–Crippen LogP) is 5.68. The van der Waals surface area contributed by atoms with Gasteiger partial charge in [0.05, 0.1) is 23.9 Å². The number of fused-ring (bicyclic) bond motifs is 1. The van der Waals surface area contributed by atoms with Crippen LogP contribution in [0.1, 0.15) is 10.4 Å². The first-order valence-electron chi connectivity index (χ1n) is 9.96. The van der Waals surface area contributed by atoms with Crippen LogP contribution in [0.5, 0.6) is 5.75 Å². The second-order valence-electron chi connectivity index (χ2n) is 7.03. The molecule has 0 aliphatic carbocycles. The van der Waals surface area contributed by atoms with Gasteiger partial charge in [0.1, 0.15) is 10.8 Å². The first-order chi connectivity index (χ1) is 15.7. The van der Waals surface area contributed by atoms with Crippen LogP contribution in [0.25, 0.3) is 32.7 Å². The summed E-state index contributed by atoms with van der Waals surface area (Å²) < 4.78 is 5.19. The second-order valence-corrected chi connectivity index (χ2v) is 8.01. The highest BCUT2D eigenvalue weighted by atomic mass is 32.1. The van der Waals surface area contributed by atoms with Crippen LogP contribution in [0, 0.1) is 0 Å². The van der Waals surface area contributed by atoms with E-state index in [9.17, 15) is 4.79 Å². The number of pyridine rings is 1. The molecule has 0 aliphatic heterocycles. The third-order valence-electron chi connectivity index (χ3n) is 5.01. The fraction of sp³-hybridized carbons (Fsp3) is 0.0400. The van der Waals surface area contributed by atoms with E-state index in [0.717, 1.165) is 33.5 Å². The first kappa shape index (κ1) is 19.8. The minimum atomic E-state index is -0.252. The molecule has 32 heavy (non-hydrogen) atoms. The molecule has 6 nitrogen and oxygen atoms in total. The van der Waals surface area contributed by atoms with Crippen molar-refractivity contribution in [1.29, 1.82) is 0 Å². The molecule has 0 aliphatic rings. The van der Waals surface area contributed by atoms with Gasteiger partial charge >= 0.3 is 0 Å². The van der Waals surface area contributed by atoms with Crippen LogP contribution in [-0.2, 0) is 0 Å². The van der Waals surface area contributed by atoms with Gasteiger partial charge in [-0.2, -0.15) is 0 Å². The van der Waals surface area contributed by atoms with Crippen molar-refractivity contribution in [2.45, 2.75) is 0 Å². The molecule has 0 radical (unpaired) electrons. The Kier molecular flexibility index (Phi) is 5.31. The largest absolute Gasteiger partial charge is 0.497 e. The third kappa shape index (κ3) is 3.93. The average molecular weight is 439 g/mol. The Morgan fingerprint density at radius 1 is 0.875 bits per heavy atom. The number of aromatic nitrogens is 3. The normalized spacial score (nSPS) is 10.8. The van der Waals surface area contributed by atoms with E-state index in [-0.39, 0.29) is 5.91 Å². The molecule has 5 aromatic rings. The summed E-state index contributed by atoms with van der Waals surface area (Å²) in [7, 11) is 1.62. The summed E-state index contributed by atoms with van der Waals surface area (Å²) in [6.45, 7) is 0. The number of rotatable bonds is 5. The van der Waals surface area contributed by atoms with Crippen LogP contribution in [0.2, 0.25) is 0 Å². The van der Waals surface area contributed by atoms with Crippen LogP contribution in [0.4, 0.5) is 5.13 Å². The molecule has 2 aromatic heterocycles. The molecule has 0 saturated heterocycles. The van der Waals surface area contributed by atoms with Gasteiger partial charge in [-0.05, 0) is 36.4 Å². The Morgan fingerprint density at radius 2 is 1.62 bits per heavy atom. The molecule has 0 spiro atoms. The van der Waals surface area contributed by atoms with E-state index in [4.69, 9.17) is 9.72 Å². The van der Waals surface area contributed by atoms with Gasteiger partial charge in [0.25, 0.3) is 5.91 Å². The topological polar surface area (TPSA) is 77.0 Å². The Hall–Kier alpha value is -4.10. The van der Waals surface area contributed by atoms with Crippen molar-refractivity contribution in [3.63, 3.8) is 0 Å². The fourth-order valence-electron chi connectivity index (χ4n) is 3.41. The van der Waals surface area contributed by atoms with Crippen LogP contribution in [0.3, 0.4) is 0 Å². The quantitative estimate of drug-likeness (QED) is 0.382. The van der Waals surface area contributed by atoms with E-state index in [0.29, 0.717) is 15.7 Å². The van der Waals surface area contributed by atoms with Crippen molar-refractivity contribution < 1.29 is 9.53 Å². The third-order valence-corrected chi connectivity index (χ3v) is 5.90. The minimum absolute atomic E-state index is 0.252. The molecule has 0 saturated carbocycles. The second kappa shape index (κ2) is 8.56. The predicted molar refractivity (Wildman–Crippen MR) is 127 cm³/mol. The standard InChI is InChI=1S/C25H18N4O2S/c1-31-18-13-11-17(12-14-18)24-28-29-25(32-24)27-23(30)20-15-22(16-7-3-2-4-8-16)26-21-10-6-5-9-19(20)21/h2-15H,1H3,(H,27,29,30). The molecular weight excluding hydrogens is 420 g/mol. The number of amides is 1. The molecule has 0 bridgehead atoms. The number of methoxy groups -OCH3 is 1. The summed E-state index contributed by atoms with van der Waals surface area (Å²) in [6, 6.07) is 26.8. The number of hydrogen-bond donors (Lipinski definition) is 1. The SMILES string of the molecule is COc1ccc(-c2nnc(NC(=O)c3cc(-c4ccccc4)nc4ccccc34)s2)cc1. The summed E-state index contributed by atoms with van der Waals surface area (Å²) in [5.74, 6) is 0.517. The number of para-hydroxylation sites is 1. The van der Waals surface area contributed by atoms with Gasteiger partial charge in [-0.1, -0.05) is 59.9 Å². The summed E-state index contributed by atoms with van der Waals surface area (Å²) in [6.07, 6.45) is 0. The van der Waals surface area contributed by atoms with E-state index in [1.165, 1.54) is 11.3 Å². The van der Waals surface area contributed by atoms with Gasteiger partial charge in [0.2, 0.25) is 5.13 Å². The fourth-order valence-corrected chi connectivity index (χ4v) is 4.15. The summed E-state index contributed by atoms with van der Waals surface area (Å²) in [5.41, 5.74) is 3.89. The molecule has 156 valence electrons. The average Bonchev–Trinajstić information content (AvgIpc) is 3.32. The van der Waals surface area contributed by atoms with Crippen LogP contribution in [0.15, 0.2) is 84.9 Å². The highest BCUT2D eigenvalue weighted by Crippen LogP contribution is 2.29. The number of carbonyl (C=O) groups excluding carboxylic acids is 1. The zero-order valence-corrected chi connectivity index (χ0v) is 18.0. The number of nitrogens with zero attached hydrogens (tertiary/aromatic N) is 3. The van der Waals surface area contributed by atoms with E-state index in [1.807, 2.05) is 84.9 Å². The molecule has 1 amide bonds. The Labute approximate surface area is 188 Å². The van der Waals surface area contributed by atoms with E-state index >= 15 is 0 Å². The molecule has 5 rings (SSSR count). The van der Waals surface area contributed by atoms with E-state index < -0.39 is 0 Å². The maximum atomic E-state index is 13.2. The maximum Gasteiger partial charge on any atom is 0.258 e. The zero-order chi connectivity index (χ0) is 21.9. The molecule has 2 heterocycles. The van der Waals surface area contributed by atoms with Crippen molar-refractivity contribution >= 4 is 33.3 Å². The minimum Gasteiger partial charge on any atom is -0.497 e. The van der Waals surface area contributed by atoms with Crippen molar-refractivity contribution in [2.24, 2.45) is 0 Å². The van der Waals surface area contributed by atoms with Crippen molar-refractivity contribution in [2.75, 3.05) is 12.4 Å². The van der Waals surface area contributed by atoms with Gasteiger partial charge in [0, 0.05) is 16.5 Å². The molecule has 3 aromatic carbocycles. The highest BCUT2D eigenvalue weighted by molar-refractivity contribution is 7.18. The molecule has 0 fully saturated rings. The van der Waals surface area contributed by atoms with Crippen molar-refractivity contribution in [1.82, 2.24) is 15.2 Å². The highest BCUT2D eigenvalue weighted by Gasteiger charge is 2.16. The summed E-state index contributed by atoms with van der Waals surface area (Å²) in [5, 5.41) is 13.2. The monoisotopic (exact) mass is 438 g/mol. The molecule has 0 atom stereocenters. The lowest BCUT2D eigenvalue weighted by Gasteiger charge is -2.09. The smallest absolute Gasteiger partial charge is 0.258 e. The lowest BCUT2D eigenvalue weighted by Crippen LogP contribution is -2.13. The van der Waals surface area contributed by atoms with Gasteiger partial charge in [-0.15, -0.1) is 10.2 Å². The lowest BCUT2D eigenvalue weighted by atomic mass is 10.0. The number of ether oxygens (including phenoxy) is 1. The van der Waals surface area contributed by atoms with Gasteiger partial charge in [-0.25, -0.2) is 4.98 Å². The van der Waals surface area contributed by atoms with Gasteiger partial charge in [0.15, 0.2) is 0 Å². The molecule has 0 unspecified atom stereocenters. The van der Waals surface area contributed by atoms with Crippen molar-refractivity contribution in [3.8, 4) is 27.6 Å². The van der Waals surface area contributed by atoms with Crippen LogP contribution < -0.4 is 10.1 Å². The number of benzene rings is 3. The van der Waals surface area contributed by atoms with Crippen molar-refractivity contribution in [3.05, 3.63) is 90.5 Å². The van der Waals surface area contributed by atoms with Gasteiger partial charge in [-0.3, -0.25) is 10.1 Å². The zero-order valence-electron chi connectivity index (χ0n) is 17.1. The Balaban J connectivity index is 1.47. The first-order valence-corrected chi connectivity index (χ1v) is 10.8. The molecule has 7 heteroatoms. The van der Waals surface area contributed by atoms with E-state index in [2.05, 4.69) is 15.5 Å². The summed E-state index contributed by atoms with van der Waals surface area (Å²) >= 11 is 1.32. The maximum absolute atomic E-state index is 13.2. The molecule has 1 N–H and O–H groups in total. The number of anilines is 1. The van der Waals surface area contributed by atoms with Gasteiger partial charge < -0.3 is 4.74 Å². The summed E-state index contributed by atoms with van der Waals surface area (Å²) in [4.78, 5) is 18.0. The van der Waals surface area contributed by atoms with E-state index in [1.54, 1.807) is 7.11 Å². The Morgan fingerprint density at radius 3 is 2.41 bits per heavy atom. The van der Waals surface area contributed by atoms with Crippen LogP contribution in [-0.4, -0.2) is 28.2 Å². The number of nitrogens with one attached hydrogen (secondary N) is 1. The number of hydrogen-bond acceptors (Lipinski definition) is 6. The Bertz CT molecular complexity index is 1400.